The number of benzene rings is 3. The average Bonchev–Trinajstić information content (AvgIpc) is 3.99. The second-order valence-corrected chi connectivity index (χ2v) is 17.1. The molecule has 0 spiro atoms. The molecule has 1 fully saturated rings. The Kier molecular flexibility index (Phi) is 12.9. The molecule has 5 heterocycles. The van der Waals surface area contributed by atoms with Gasteiger partial charge in [0, 0.05) is 30.4 Å². The first-order valence-corrected chi connectivity index (χ1v) is 19.8. The summed E-state index contributed by atoms with van der Waals surface area (Å²) in [6.07, 6.45) is 2.83. The highest BCUT2D eigenvalue weighted by molar-refractivity contribution is 6.69. The fourth-order valence-electron chi connectivity index (χ4n) is 6.98. The molecule has 5 aliphatic heterocycles. The summed E-state index contributed by atoms with van der Waals surface area (Å²) in [6, 6.07) is 12.1. The van der Waals surface area contributed by atoms with Crippen molar-refractivity contribution in [2.45, 2.75) is 90.7 Å². The van der Waals surface area contributed by atoms with Crippen molar-refractivity contribution in [3.8, 4) is 17.2 Å². The average molecular weight is 860 g/mol. The monoisotopic (exact) mass is 858 g/mol. The Morgan fingerprint density at radius 2 is 1.47 bits per heavy atom. The van der Waals surface area contributed by atoms with Gasteiger partial charge >= 0.3 is 12.1 Å². The number of hydrogen-bond acceptors (Lipinski definition) is 13. The van der Waals surface area contributed by atoms with Gasteiger partial charge in [0.2, 0.25) is 6.23 Å². The molecule has 5 aliphatic rings. The molecule has 8 rings (SSSR count). The Morgan fingerprint density at radius 3 is 2.10 bits per heavy atom. The van der Waals surface area contributed by atoms with E-state index in [2.05, 4.69) is 15.5 Å². The van der Waals surface area contributed by atoms with Crippen LogP contribution in [-0.4, -0.2) is 87.8 Å². The minimum atomic E-state index is -0.849. The van der Waals surface area contributed by atoms with Gasteiger partial charge in [-0.05, 0) is 113 Å². The second-order valence-electron chi connectivity index (χ2n) is 15.9. The summed E-state index contributed by atoms with van der Waals surface area (Å²) in [4.78, 5) is 33.1. The third-order valence-corrected chi connectivity index (χ3v) is 10.2. The quantitative estimate of drug-likeness (QED) is 0.112. The van der Waals surface area contributed by atoms with Gasteiger partial charge in [-0.2, -0.15) is 0 Å². The molecule has 14 nitrogen and oxygen atoms in total. The predicted molar refractivity (Wildman–Crippen MR) is 218 cm³/mol. The van der Waals surface area contributed by atoms with E-state index in [1.807, 2.05) is 30.3 Å². The van der Waals surface area contributed by atoms with Crippen LogP contribution in [0, 0.1) is 5.92 Å². The Hall–Kier alpha value is -4.92. The van der Waals surface area contributed by atoms with Crippen molar-refractivity contribution in [2.75, 3.05) is 19.8 Å². The molecular formula is C41H45Cl3N4O10. The number of hydrogen-bond donors (Lipinski definition) is 2. The van der Waals surface area contributed by atoms with Crippen LogP contribution in [0.2, 0.25) is 10.0 Å². The first-order valence-electron chi connectivity index (χ1n) is 18.7. The van der Waals surface area contributed by atoms with Crippen LogP contribution in [0.3, 0.4) is 0 Å². The lowest BCUT2D eigenvalue weighted by atomic mass is 9.92. The predicted octanol–water partition coefficient (Wildman–Crippen LogP) is 8.38. The molecule has 58 heavy (non-hydrogen) atoms. The van der Waals surface area contributed by atoms with Crippen molar-refractivity contribution in [3.63, 3.8) is 0 Å². The van der Waals surface area contributed by atoms with Crippen molar-refractivity contribution >= 4 is 64.0 Å². The molecule has 0 saturated carbocycles. The minimum Gasteiger partial charge on any atom is -0.493 e. The lowest BCUT2D eigenvalue weighted by molar-refractivity contribution is -0.163. The number of carbonyl (C=O) groups excluding carboxylic acids is 2. The zero-order valence-corrected chi connectivity index (χ0v) is 35.2. The van der Waals surface area contributed by atoms with Crippen molar-refractivity contribution in [2.24, 2.45) is 21.4 Å². The molecule has 310 valence electrons. The second kappa shape index (κ2) is 17.5. The standard InChI is InChI=1S/C23H29ClN2O6.C9H7Cl2NO2.C9H9NO2/c1-22(2,3)30-20(27)16-11-14-17(13-9-12-7-8-29-18(12)15(24)10-13)25-32-19(14)26(16)21(28)31-23(4,5)6;10-7-4-6(9(11)12-13)3-5-1-2-14-8(5)7;11-10-6-7-1-2-9-8(5-7)3-4-12-9/h9-10,14,16,19H,7-8,11H2,1-6H3;3-4,13H,1-2H2;1-2,5-6,11H,3-4H2/b;12-9+;10-6-/t14?,16-,19+;;/m0../s1. The molecule has 1 unspecified atom stereocenters. The normalized spacial score (nSPS) is 20.1. The number of ether oxygens (including phenoxy) is 5. The van der Waals surface area contributed by atoms with Gasteiger partial charge in [-0.25, -0.2) is 9.59 Å². The molecule has 3 aromatic rings. The van der Waals surface area contributed by atoms with Gasteiger partial charge in [0.1, 0.15) is 34.5 Å². The smallest absolute Gasteiger partial charge is 0.414 e. The lowest BCUT2D eigenvalue weighted by Gasteiger charge is -2.31. The molecular weight excluding hydrogens is 815 g/mol. The van der Waals surface area contributed by atoms with Gasteiger partial charge in [-0.3, -0.25) is 4.90 Å². The number of likely N-dealkylation sites (tertiary alicyclic amines) is 1. The first-order chi connectivity index (χ1) is 27.5. The number of fused-ring (bicyclic) bond motifs is 4. The van der Waals surface area contributed by atoms with E-state index in [-0.39, 0.29) is 11.1 Å². The number of halogens is 3. The van der Waals surface area contributed by atoms with Gasteiger partial charge in [0.15, 0.2) is 5.17 Å². The summed E-state index contributed by atoms with van der Waals surface area (Å²) in [5.41, 5.74) is 4.70. The van der Waals surface area contributed by atoms with Crippen LogP contribution in [0.25, 0.3) is 0 Å². The minimum absolute atomic E-state index is 0.0293. The van der Waals surface area contributed by atoms with E-state index in [0.29, 0.717) is 52.5 Å². The molecule has 0 aromatic heterocycles. The van der Waals surface area contributed by atoms with Crippen LogP contribution in [0.15, 0.2) is 57.9 Å². The highest BCUT2D eigenvalue weighted by atomic mass is 35.5. The summed E-state index contributed by atoms with van der Waals surface area (Å²) >= 11 is 18.0. The number of carbonyl (C=O) groups is 2. The van der Waals surface area contributed by atoms with Crippen molar-refractivity contribution in [1.82, 2.24) is 4.90 Å². The van der Waals surface area contributed by atoms with Crippen LogP contribution >= 0.6 is 34.8 Å². The van der Waals surface area contributed by atoms with Crippen LogP contribution in [-0.2, 0) is 38.4 Å². The largest absolute Gasteiger partial charge is 0.493 e. The molecule has 17 heteroatoms. The van der Waals surface area contributed by atoms with Crippen molar-refractivity contribution < 1.29 is 48.5 Å². The highest BCUT2D eigenvalue weighted by Gasteiger charge is 2.55. The van der Waals surface area contributed by atoms with Gasteiger partial charge in [-0.1, -0.05) is 50.3 Å². The summed E-state index contributed by atoms with van der Waals surface area (Å²) in [5.74, 6) is 1.53. The van der Waals surface area contributed by atoms with Crippen molar-refractivity contribution in [1.29, 1.82) is 0 Å². The summed E-state index contributed by atoms with van der Waals surface area (Å²) in [5, 5.41) is 28.0. The van der Waals surface area contributed by atoms with Crippen LogP contribution < -0.4 is 14.2 Å². The maximum Gasteiger partial charge on any atom is 0.414 e. The third-order valence-electron chi connectivity index (χ3n) is 9.34. The SMILES string of the molecule is CC(C)(C)OC(=O)[C@@H]1CC2C(c3cc(Cl)c4c(c3)CCO4)=NO[C@H]2N1C(=O)OC(C)(C)C.O/N=C(/Cl)c1cc(Cl)c2c(c1)CCO2.O/N=C\c1ccc2c(c1)CCO2. The number of amides is 1. The first kappa shape index (κ1) is 42.7. The van der Waals surface area contributed by atoms with E-state index in [4.69, 9.17) is 73.7 Å². The molecule has 1 amide bonds. The maximum absolute atomic E-state index is 13.1. The van der Waals surface area contributed by atoms with Crippen LogP contribution in [0.5, 0.6) is 17.2 Å². The van der Waals surface area contributed by atoms with Crippen molar-refractivity contribution in [3.05, 3.63) is 85.9 Å². The molecule has 0 bridgehead atoms. The number of rotatable bonds is 4. The molecule has 2 N–H and O–H groups in total. The van der Waals surface area contributed by atoms with E-state index in [0.717, 1.165) is 53.9 Å². The molecule has 3 aromatic carbocycles. The van der Waals surface area contributed by atoms with Gasteiger partial charge in [0.05, 0.1) is 47.7 Å². The Bertz CT molecular complexity index is 2150. The maximum atomic E-state index is 13.1. The van der Waals surface area contributed by atoms with Gasteiger partial charge in [0.25, 0.3) is 0 Å². The Labute approximate surface area is 351 Å². The van der Waals surface area contributed by atoms with Gasteiger partial charge < -0.3 is 38.9 Å². The van der Waals surface area contributed by atoms with E-state index in [1.165, 1.54) is 16.7 Å². The molecule has 3 atom stereocenters. The molecule has 0 aliphatic carbocycles. The fraction of sp³-hybridized carbons (Fsp3) is 0.439. The summed E-state index contributed by atoms with van der Waals surface area (Å²) < 4.78 is 27.4. The lowest BCUT2D eigenvalue weighted by Crippen LogP contribution is -2.49. The Balaban J connectivity index is 0.000000177. The number of oxime groups is 3. The topological polar surface area (TPSA) is 170 Å². The van der Waals surface area contributed by atoms with E-state index in [1.54, 1.807) is 53.7 Å². The number of nitrogens with zero attached hydrogens (tertiary/aromatic N) is 4. The zero-order chi connectivity index (χ0) is 41.9. The molecule has 0 radical (unpaired) electrons. The van der Waals surface area contributed by atoms with Crippen LogP contribution in [0.1, 0.15) is 81.3 Å². The van der Waals surface area contributed by atoms with Gasteiger partial charge in [-0.15, -0.1) is 0 Å². The van der Waals surface area contributed by atoms with E-state index >= 15 is 0 Å². The summed E-state index contributed by atoms with van der Waals surface area (Å²) in [6.45, 7) is 12.7. The van der Waals surface area contributed by atoms with Crippen LogP contribution in [0.4, 0.5) is 4.79 Å². The molecule has 1 saturated heterocycles. The number of esters is 1. The van der Waals surface area contributed by atoms with E-state index in [9.17, 15) is 9.59 Å². The summed E-state index contributed by atoms with van der Waals surface area (Å²) in [7, 11) is 0. The zero-order valence-electron chi connectivity index (χ0n) is 32.9. The van der Waals surface area contributed by atoms with E-state index < -0.39 is 35.5 Å². The third kappa shape index (κ3) is 9.84. The highest BCUT2D eigenvalue weighted by Crippen LogP contribution is 2.42. The Morgan fingerprint density at radius 1 is 0.845 bits per heavy atom. The fourth-order valence-corrected chi connectivity index (χ4v) is 7.68.